The second kappa shape index (κ2) is 7.31. The van der Waals surface area contributed by atoms with Crippen molar-refractivity contribution in [3.05, 3.63) is 34.0 Å². The van der Waals surface area contributed by atoms with Crippen molar-refractivity contribution in [1.29, 1.82) is 0 Å². The maximum absolute atomic E-state index is 4.43. The van der Waals surface area contributed by atoms with E-state index in [0.717, 1.165) is 43.3 Å². The topological polar surface area (TPSA) is 53.9 Å². The van der Waals surface area contributed by atoms with Crippen LogP contribution in [0.3, 0.4) is 0 Å². The number of thiazole rings is 1. The van der Waals surface area contributed by atoms with Gasteiger partial charge in [-0.1, -0.05) is 6.92 Å². The first-order chi connectivity index (χ1) is 9.70. The molecule has 0 spiro atoms. The monoisotopic (exact) mass is 291 g/mol. The van der Waals surface area contributed by atoms with E-state index in [-0.39, 0.29) is 0 Å². The molecule has 0 aromatic carbocycles. The number of rotatable bonds is 7. The maximum Gasteiger partial charge on any atom is 0.225 e. The van der Waals surface area contributed by atoms with Crippen molar-refractivity contribution in [2.24, 2.45) is 0 Å². The summed E-state index contributed by atoms with van der Waals surface area (Å²) in [7, 11) is 2.00. The molecule has 0 amide bonds. The molecule has 2 heterocycles. The molecule has 5 nitrogen and oxygen atoms in total. The Kier molecular flexibility index (Phi) is 5.43. The molecule has 0 saturated heterocycles. The van der Waals surface area contributed by atoms with Crippen LogP contribution in [0.4, 0.5) is 5.95 Å². The van der Waals surface area contributed by atoms with Crippen molar-refractivity contribution in [1.82, 2.24) is 20.3 Å². The fraction of sp³-hybridized carbons (Fsp3) is 0.500. The Morgan fingerprint density at radius 2 is 2.00 bits per heavy atom. The molecule has 0 radical (unpaired) electrons. The highest BCUT2D eigenvalue weighted by Gasteiger charge is 2.08. The summed E-state index contributed by atoms with van der Waals surface area (Å²) < 4.78 is 0. The van der Waals surface area contributed by atoms with Gasteiger partial charge in [-0.25, -0.2) is 15.0 Å². The molecule has 0 unspecified atom stereocenters. The maximum atomic E-state index is 4.43. The Bertz CT molecular complexity index is 523. The third-order valence-electron chi connectivity index (χ3n) is 3.01. The zero-order valence-electron chi connectivity index (χ0n) is 12.3. The average Bonchev–Trinajstić information content (AvgIpc) is 2.85. The predicted octanol–water partition coefficient (Wildman–Crippen LogP) is 2.38. The molecule has 0 atom stereocenters. The molecule has 0 aliphatic heterocycles. The fourth-order valence-corrected chi connectivity index (χ4v) is 2.64. The number of hydrogen-bond acceptors (Lipinski definition) is 6. The van der Waals surface area contributed by atoms with E-state index >= 15 is 0 Å². The summed E-state index contributed by atoms with van der Waals surface area (Å²) in [5, 5.41) is 3.34. The molecule has 1 N–H and O–H groups in total. The lowest BCUT2D eigenvalue weighted by Crippen LogP contribution is -2.19. The highest BCUT2D eigenvalue weighted by Crippen LogP contribution is 2.16. The van der Waals surface area contributed by atoms with Gasteiger partial charge in [-0.2, -0.15) is 0 Å². The third kappa shape index (κ3) is 3.98. The van der Waals surface area contributed by atoms with Gasteiger partial charge in [0.1, 0.15) is 0 Å². The van der Waals surface area contributed by atoms with Gasteiger partial charge in [-0.05, 0) is 19.9 Å². The molecule has 2 aromatic rings. The van der Waals surface area contributed by atoms with Crippen LogP contribution in [0.5, 0.6) is 0 Å². The first-order valence-corrected chi connectivity index (χ1v) is 7.70. The van der Waals surface area contributed by atoms with Crippen LogP contribution in [0.1, 0.15) is 29.5 Å². The average molecular weight is 291 g/mol. The van der Waals surface area contributed by atoms with Gasteiger partial charge >= 0.3 is 0 Å². The van der Waals surface area contributed by atoms with Crippen molar-refractivity contribution >= 4 is 17.3 Å². The van der Waals surface area contributed by atoms with Crippen LogP contribution in [0.15, 0.2) is 17.9 Å². The lowest BCUT2D eigenvalue weighted by Gasteiger charge is -2.16. The van der Waals surface area contributed by atoms with Crippen molar-refractivity contribution < 1.29 is 0 Å². The SMILES string of the molecule is CCCNCc1cnc(N(C)Cc2scnc2C)nc1. The van der Waals surface area contributed by atoms with E-state index in [4.69, 9.17) is 0 Å². The number of aryl methyl sites for hydroxylation is 1. The summed E-state index contributed by atoms with van der Waals surface area (Å²) in [6, 6.07) is 0. The van der Waals surface area contributed by atoms with E-state index in [1.54, 1.807) is 11.3 Å². The molecule has 0 saturated carbocycles. The van der Waals surface area contributed by atoms with Crippen LogP contribution < -0.4 is 10.2 Å². The molecule has 6 heteroatoms. The Morgan fingerprint density at radius 1 is 1.25 bits per heavy atom. The van der Waals surface area contributed by atoms with Gasteiger partial charge in [0, 0.05) is 36.4 Å². The normalized spacial score (nSPS) is 10.8. The van der Waals surface area contributed by atoms with E-state index in [0.29, 0.717) is 0 Å². The summed E-state index contributed by atoms with van der Waals surface area (Å²) >= 11 is 1.67. The Balaban J connectivity index is 1.93. The largest absolute Gasteiger partial charge is 0.339 e. The number of nitrogens with one attached hydrogen (secondary N) is 1. The zero-order chi connectivity index (χ0) is 14.4. The molecular weight excluding hydrogens is 270 g/mol. The Labute approximate surface area is 124 Å². The molecule has 2 rings (SSSR count). The minimum Gasteiger partial charge on any atom is -0.339 e. The summed E-state index contributed by atoms with van der Waals surface area (Å²) in [6.45, 7) is 6.83. The first-order valence-electron chi connectivity index (χ1n) is 6.82. The van der Waals surface area contributed by atoms with Gasteiger partial charge in [0.25, 0.3) is 0 Å². The van der Waals surface area contributed by atoms with Crippen LogP contribution in [0.2, 0.25) is 0 Å². The summed E-state index contributed by atoms with van der Waals surface area (Å²) in [5.74, 6) is 0.747. The van der Waals surface area contributed by atoms with Crippen molar-refractivity contribution in [3.8, 4) is 0 Å². The molecule has 20 heavy (non-hydrogen) atoms. The molecule has 0 fully saturated rings. The number of aromatic nitrogens is 3. The Hall–Kier alpha value is -1.53. The van der Waals surface area contributed by atoms with Gasteiger partial charge in [0.15, 0.2) is 0 Å². The Morgan fingerprint density at radius 3 is 2.60 bits per heavy atom. The van der Waals surface area contributed by atoms with Gasteiger partial charge in [-0.3, -0.25) is 0 Å². The van der Waals surface area contributed by atoms with E-state index in [1.807, 2.05) is 36.8 Å². The highest BCUT2D eigenvalue weighted by molar-refractivity contribution is 7.09. The highest BCUT2D eigenvalue weighted by atomic mass is 32.1. The molecular formula is C14H21N5S. The van der Waals surface area contributed by atoms with Crippen LogP contribution in [0, 0.1) is 6.92 Å². The minimum absolute atomic E-state index is 0.747. The van der Waals surface area contributed by atoms with Crippen molar-refractivity contribution in [2.75, 3.05) is 18.5 Å². The smallest absolute Gasteiger partial charge is 0.225 e. The van der Waals surface area contributed by atoms with Crippen molar-refractivity contribution in [2.45, 2.75) is 33.4 Å². The first kappa shape index (κ1) is 14.9. The predicted molar refractivity (Wildman–Crippen MR) is 83.0 cm³/mol. The summed E-state index contributed by atoms with van der Waals surface area (Å²) in [4.78, 5) is 16.4. The van der Waals surface area contributed by atoms with Gasteiger partial charge in [0.2, 0.25) is 5.95 Å². The quantitative estimate of drug-likeness (QED) is 0.794. The van der Waals surface area contributed by atoms with Crippen molar-refractivity contribution in [3.63, 3.8) is 0 Å². The van der Waals surface area contributed by atoms with Crippen LogP contribution in [-0.4, -0.2) is 28.5 Å². The second-order valence-corrected chi connectivity index (χ2v) is 5.72. The molecule has 0 bridgehead atoms. The lowest BCUT2D eigenvalue weighted by molar-refractivity contribution is 0.671. The minimum atomic E-state index is 0.747. The number of hydrogen-bond donors (Lipinski definition) is 1. The zero-order valence-corrected chi connectivity index (χ0v) is 13.1. The fourth-order valence-electron chi connectivity index (χ4n) is 1.81. The van der Waals surface area contributed by atoms with E-state index in [9.17, 15) is 0 Å². The third-order valence-corrected chi connectivity index (χ3v) is 3.93. The van der Waals surface area contributed by atoms with E-state index in [1.165, 1.54) is 4.88 Å². The molecule has 108 valence electrons. The van der Waals surface area contributed by atoms with Crippen LogP contribution in [-0.2, 0) is 13.1 Å². The van der Waals surface area contributed by atoms with E-state index < -0.39 is 0 Å². The van der Waals surface area contributed by atoms with Gasteiger partial charge in [0.05, 0.1) is 17.7 Å². The van der Waals surface area contributed by atoms with Gasteiger partial charge in [-0.15, -0.1) is 11.3 Å². The number of anilines is 1. The van der Waals surface area contributed by atoms with E-state index in [2.05, 4.69) is 27.2 Å². The standard InChI is InChI=1S/C14H21N5S/c1-4-5-15-6-12-7-16-14(17-8-12)19(3)9-13-11(2)18-10-20-13/h7-8,10,15H,4-6,9H2,1-3H3. The van der Waals surface area contributed by atoms with Crippen LogP contribution in [0.25, 0.3) is 0 Å². The molecule has 0 aliphatic carbocycles. The summed E-state index contributed by atoms with van der Waals surface area (Å²) in [5.41, 5.74) is 4.08. The summed E-state index contributed by atoms with van der Waals surface area (Å²) in [6.07, 6.45) is 4.91. The van der Waals surface area contributed by atoms with Crippen LogP contribution >= 0.6 is 11.3 Å². The molecule has 0 aliphatic rings. The molecule has 2 aromatic heterocycles. The second-order valence-electron chi connectivity index (χ2n) is 4.79. The number of nitrogens with zero attached hydrogens (tertiary/aromatic N) is 4. The lowest BCUT2D eigenvalue weighted by atomic mass is 10.3. The van der Waals surface area contributed by atoms with Gasteiger partial charge < -0.3 is 10.2 Å².